The van der Waals surface area contributed by atoms with Crippen LogP contribution in [0.1, 0.15) is 16.8 Å². The van der Waals surface area contributed by atoms with Crippen molar-refractivity contribution >= 4 is 22.5 Å². The monoisotopic (exact) mass is 332 g/mol. The van der Waals surface area contributed by atoms with E-state index < -0.39 is 16.7 Å². The largest absolute Gasteiger partial charge is 0.338 e. The van der Waals surface area contributed by atoms with E-state index in [9.17, 15) is 8.78 Å². The first-order valence-electron chi connectivity index (χ1n) is 7.59. The summed E-state index contributed by atoms with van der Waals surface area (Å²) in [5, 5.41) is 4.13. The van der Waals surface area contributed by atoms with Crippen LogP contribution in [0.4, 0.5) is 8.78 Å². The van der Waals surface area contributed by atoms with Crippen molar-refractivity contribution in [1.82, 2.24) is 9.88 Å². The van der Waals surface area contributed by atoms with E-state index in [1.165, 1.54) is 23.1 Å². The molecule has 0 amide bonds. The number of hydrogen-bond donors (Lipinski definition) is 1. The quantitative estimate of drug-likeness (QED) is 0.694. The Morgan fingerprint density at radius 3 is 2.83 bits per heavy atom. The van der Waals surface area contributed by atoms with Crippen molar-refractivity contribution in [2.24, 2.45) is 0 Å². The van der Waals surface area contributed by atoms with E-state index in [2.05, 4.69) is 16.0 Å². The van der Waals surface area contributed by atoms with Gasteiger partial charge in [0.15, 0.2) is 0 Å². The Kier molecular flexibility index (Phi) is 3.58. The Bertz CT molecular complexity index is 902. The smallest absolute Gasteiger partial charge is 0.149 e. The number of nitrogens with one attached hydrogen (secondary N) is 1. The first-order chi connectivity index (χ1) is 11.2. The first-order valence-corrected chi connectivity index (χ1v) is 7.96. The maximum atomic E-state index is 14.3. The Labute approximate surface area is 137 Å². The number of para-hydroxylation sites is 1. The topological polar surface area (TPSA) is 17.0 Å². The second-order valence-electron chi connectivity index (χ2n) is 5.79. The van der Waals surface area contributed by atoms with Crippen molar-refractivity contribution in [2.45, 2.75) is 19.5 Å². The van der Waals surface area contributed by atoms with Crippen LogP contribution in [-0.4, -0.2) is 11.1 Å². The summed E-state index contributed by atoms with van der Waals surface area (Å²) in [6.07, 6.45) is 0.954. The van der Waals surface area contributed by atoms with Crippen LogP contribution in [0.5, 0.6) is 0 Å². The minimum Gasteiger partial charge on any atom is -0.338 e. The summed E-state index contributed by atoms with van der Waals surface area (Å²) < 4.78 is 29.8. The predicted molar refractivity (Wildman–Crippen MR) is 87.8 cm³/mol. The zero-order valence-electron chi connectivity index (χ0n) is 12.4. The lowest BCUT2D eigenvalue weighted by Gasteiger charge is -2.17. The highest BCUT2D eigenvalue weighted by Gasteiger charge is 2.21. The molecule has 0 bridgehead atoms. The maximum absolute atomic E-state index is 14.3. The van der Waals surface area contributed by atoms with Crippen molar-refractivity contribution in [3.05, 3.63) is 69.9 Å². The van der Waals surface area contributed by atoms with Gasteiger partial charge >= 0.3 is 0 Å². The van der Waals surface area contributed by atoms with E-state index in [4.69, 9.17) is 11.6 Å². The zero-order chi connectivity index (χ0) is 16.0. The summed E-state index contributed by atoms with van der Waals surface area (Å²) in [5.41, 5.74) is 3.94. The number of rotatable bonds is 2. The van der Waals surface area contributed by atoms with Gasteiger partial charge in [0, 0.05) is 28.7 Å². The van der Waals surface area contributed by atoms with Gasteiger partial charge in [-0.1, -0.05) is 35.9 Å². The van der Waals surface area contributed by atoms with Crippen LogP contribution >= 0.6 is 11.6 Å². The van der Waals surface area contributed by atoms with Crippen LogP contribution in [-0.2, 0) is 19.5 Å². The van der Waals surface area contributed by atoms with Crippen molar-refractivity contribution in [2.75, 3.05) is 6.54 Å². The number of aromatic nitrogens is 1. The molecular formula is C18H15ClF2N2. The van der Waals surface area contributed by atoms with E-state index in [-0.39, 0.29) is 0 Å². The molecule has 1 N–H and O–H groups in total. The fraction of sp³-hybridized carbons (Fsp3) is 0.222. The van der Waals surface area contributed by atoms with Crippen LogP contribution in [0, 0.1) is 11.6 Å². The summed E-state index contributed by atoms with van der Waals surface area (Å²) >= 11 is 5.71. The van der Waals surface area contributed by atoms with E-state index in [1.807, 2.05) is 18.2 Å². The van der Waals surface area contributed by atoms with E-state index in [1.54, 1.807) is 0 Å². The Morgan fingerprint density at radius 1 is 1.13 bits per heavy atom. The molecule has 0 saturated carbocycles. The molecule has 0 saturated heterocycles. The lowest BCUT2D eigenvalue weighted by molar-refractivity contribution is 0.559. The zero-order valence-corrected chi connectivity index (χ0v) is 13.1. The van der Waals surface area contributed by atoms with Gasteiger partial charge in [-0.05, 0) is 30.7 Å². The third-order valence-electron chi connectivity index (χ3n) is 4.48. The van der Waals surface area contributed by atoms with Gasteiger partial charge in [-0.2, -0.15) is 0 Å². The highest BCUT2D eigenvalue weighted by molar-refractivity contribution is 6.30. The van der Waals surface area contributed by atoms with Crippen molar-refractivity contribution in [1.29, 1.82) is 0 Å². The molecule has 0 radical (unpaired) electrons. The number of nitrogens with zero attached hydrogens (tertiary/aromatic N) is 1. The Morgan fingerprint density at radius 2 is 1.96 bits per heavy atom. The summed E-state index contributed by atoms with van der Waals surface area (Å²) in [5.74, 6) is -1.41. The number of benzene rings is 2. The van der Waals surface area contributed by atoms with Crippen LogP contribution in [0.2, 0.25) is 5.02 Å². The molecule has 0 spiro atoms. The van der Waals surface area contributed by atoms with Crippen LogP contribution in [0.25, 0.3) is 10.9 Å². The van der Waals surface area contributed by atoms with Gasteiger partial charge in [-0.15, -0.1) is 0 Å². The number of halogens is 3. The first kappa shape index (κ1) is 14.7. The molecule has 1 aliphatic rings. The van der Waals surface area contributed by atoms with Gasteiger partial charge in [0.2, 0.25) is 0 Å². The van der Waals surface area contributed by atoms with Crippen LogP contribution < -0.4 is 5.32 Å². The van der Waals surface area contributed by atoms with Gasteiger partial charge in [-0.3, -0.25) is 0 Å². The predicted octanol–water partition coefficient (Wildman–Crippen LogP) is 4.27. The van der Waals surface area contributed by atoms with Gasteiger partial charge in [-0.25, -0.2) is 8.78 Å². The van der Waals surface area contributed by atoms with E-state index in [0.29, 0.717) is 12.1 Å². The standard InChI is InChI=1S/C18H15ClF2N2/c19-17-14(20)6-5-11(18(17)21)10-23-15-4-2-1-3-12(15)13-7-8-22-9-16(13)23/h1-6,22H,7-10H2. The molecule has 118 valence electrons. The van der Waals surface area contributed by atoms with Gasteiger partial charge in [0.25, 0.3) is 0 Å². The van der Waals surface area contributed by atoms with Gasteiger partial charge < -0.3 is 9.88 Å². The highest BCUT2D eigenvalue weighted by atomic mass is 35.5. The number of fused-ring (bicyclic) bond motifs is 3. The summed E-state index contributed by atoms with van der Waals surface area (Å²) in [6.45, 7) is 2.03. The molecule has 0 fully saturated rings. The van der Waals surface area contributed by atoms with E-state index in [0.717, 1.165) is 30.7 Å². The molecule has 1 aromatic heterocycles. The molecule has 0 atom stereocenters. The number of hydrogen-bond acceptors (Lipinski definition) is 1. The molecule has 4 rings (SSSR count). The Balaban J connectivity index is 1.88. The molecule has 3 aromatic rings. The highest BCUT2D eigenvalue weighted by Crippen LogP contribution is 2.30. The maximum Gasteiger partial charge on any atom is 0.149 e. The molecule has 1 aliphatic heterocycles. The molecule has 23 heavy (non-hydrogen) atoms. The normalized spacial score (nSPS) is 14.2. The molecule has 2 heterocycles. The third-order valence-corrected chi connectivity index (χ3v) is 4.83. The molecule has 0 aliphatic carbocycles. The summed E-state index contributed by atoms with van der Waals surface area (Å²) in [4.78, 5) is 0. The summed E-state index contributed by atoms with van der Waals surface area (Å²) in [7, 11) is 0. The van der Waals surface area contributed by atoms with Crippen LogP contribution in [0.3, 0.4) is 0 Å². The SMILES string of the molecule is Fc1ccc(Cn2c3c(c4ccccc42)CCNC3)c(F)c1Cl. The van der Waals surface area contributed by atoms with Crippen LogP contribution in [0.15, 0.2) is 36.4 Å². The lowest BCUT2D eigenvalue weighted by atomic mass is 10.0. The van der Waals surface area contributed by atoms with Gasteiger partial charge in [0.05, 0.1) is 6.54 Å². The van der Waals surface area contributed by atoms with Crippen molar-refractivity contribution < 1.29 is 8.78 Å². The average Bonchev–Trinajstić information content (AvgIpc) is 2.90. The molecule has 2 aromatic carbocycles. The van der Waals surface area contributed by atoms with E-state index >= 15 is 0 Å². The molecular weight excluding hydrogens is 318 g/mol. The average molecular weight is 333 g/mol. The molecule has 0 unspecified atom stereocenters. The fourth-order valence-electron chi connectivity index (χ4n) is 3.37. The second kappa shape index (κ2) is 5.62. The third kappa shape index (κ3) is 2.33. The minimum atomic E-state index is -0.728. The van der Waals surface area contributed by atoms with Gasteiger partial charge in [0.1, 0.15) is 16.7 Å². The summed E-state index contributed by atoms with van der Waals surface area (Å²) in [6, 6.07) is 10.8. The van der Waals surface area contributed by atoms with Crippen molar-refractivity contribution in [3.63, 3.8) is 0 Å². The Hall–Kier alpha value is -1.91. The minimum absolute atomic E-state index is 0.337. The second-order valence-corrected chi connectivity index (χ2v) is 6.17. The molecule has 5 heteroatoms. The fourth-order valence-corrected chi connectivity index (χ4v) is 3.55. The van der Waals surface area contributed by atoms with Crippen molar-refractivity contribution in [3.8, 4) is 0 Å². The lowest BCUT2D eigenvalue weighted by Crippen LogP contribution is -2.25. The molecule has 2 nitrogen and oxygen atoms in total.